The molecule has 390 valence electrons. The molecule has 2 fully saturated rings. The van der Waals surface area contributed by atoms with Gasteiger partial charge in [0.2, 0.25) is 17.7 Å². The number of nitrogen functional groups attached to an aromatic ring is 1. The lowest BCUT2D eigenvalue weighted by Gasteiger charge is -2.34. The molecule has 1 atom stereocenters. The molecule has 2 aliphatic heterocycles. The number of carbonyl (C=O) groups is 4. The van der Waals surface area contributed by atoms with Crippen LogP contribution in [0.5, 0.6) is 0 Å². The number of fused-ring (bicyclic) bond motifs is 5. The van der Waals surface area contributed by atoms with Crippen molar-refractivity contribution in [2.24, 2.45) is 0 Å². The van der Waals surface area contributed by atoms with Crippen LogP contribution in [0.3, 0.4) is 0 Å². The first-order valence-electron chi connectivity index (χ1n) is 27.2. The molecule has 10 heteroatoms. The Labute approximate surface area is 468 Å². The minimum absolute atomic E-state index is 0.00614. The highest BCUT2D eigenvalue weighted by atomic mass is 16.2. The highest BCUT2D eigenvalue weighted by Crippen LogP contribution is 2.56. The second kappa shape index (κ2) is 19.7. The molecule has 3 aliphatic rings. The van der Waals surface area contributed by atoms with Crippen LogP contribution in [0, 0.1) is 0 Å². The predicted molar refractivity (Wildman–Crippen MR) is 325 cm³/mol. The van der Waals surface area contributed by atoms with Crippen molar-refractivity contribution < 1.29 is 19.2 Å². The predicted octanol–water partition coefficient (Wildman–Crippen LogP) is 15.3. The third-order valence-electron chi connectivity index (χ3n) is 16.2. The van der Waals surface area contributed by atoms with E-state index in [1.165, 1.54) is 32.1 Å². The summed E-state index contributed by atoms with van der Waals surface area (Å²) in [6.07, 6.45) is 0.433. The Balaban J connectivity index is 0.759. The number of nitrogens with one attached hydrogen (secondary N) is 1. The molecular formula is C71H52N6O4. The molecule has 14 rings (SSSR count). The zero-order valence-electron chi connectivity index (χ0n) is 43.9. The molecule has 0 bridgehead atoms. The van der Waals surface area contributed by atoms with E-state index in [0.717, 1.165) is 72.5 Å². The van der Waals surface area contributed by atoms with E-state index in [4.69, 9.17) is 5.73 Å². The molecule has 0 saturated carbocycles. The maximum absolute atomic E-state index is 14.4. The Morgan fingerprint density at radius 2 is 0.790 bits per heavy atom. The molecule has 11 aromatic rings. The Hall–Kier alpha value is -10.6. The fourth-order valence-corrected chi connectivity index (χ4v) is 12.4. The average Bonchev–Trinajstić information content (AvgIpc) is 4.33. The summed E-state index contributed by atoms with van der Waals surface area (Å²) in [6, 6.07) is 85.4. The summed E-state index contributed by atoms with van der Waals surface area (Å²) in [5.41, 5.74) is 20.3. The number of amides is 4. The number of rotatable bonds is 12. The standard InChI is InChI=1S/C71H52N6O4/c72-52-23-19-50(20-24-52)71(64-15-7-5-13-62(64)63-14-6-8-16-65(63)71)51-21-25-53(26-22-51)73-66-45-69(80)77(70(66)81)59-39-35-57(36-40-59)75(61-28-18-47-10-2-4-12-49(47)44-61)55-31-29-54(30-32-55)74(60-27-17-46-9-1-3-11-48(46)43-60)56-33-37-58(38-34-56)76-67(78)41-42-68(76)79/h1-40,43-44,66,73H,41-42,45,72H2. The number of hydrogen-bond donors (Lipinski definition) is 2. The van der Waals surface area contributed by atoms with Crippen molar-refractivity contribution in [2.45, 2.75) is 30.7 Å². The molecule has 10 nitrogen and oxygen atoms in total. The van der Waals surface area contributed by atoms with Gasteiger partial charge in [-0.2, -0.15) is 0 Å². The fourth-order valence-electron chi connectivity index (χ4n) is 12.4. The van der Waals surface area contributed by atoms with E-state index in [1.54, 1.807) is 0 Å². The highest BCUT2D eigenvalue weighted by molar-refractivity contribution is 6.23. The van der Waals surface area contributed by atoms with Gasteiger partial charge in [0, 0.05) is 58.3 Å². The highest BCUT2D eigenvalue weighted by Gasteiger charge is 2.46. The second-order valence-electron chi connectivity index (χ2n) is 20.9. The van der Waals surface area contributed by atoms with Gasteiger partial charge in [-0.1, -0.05) is 133 Å². The molecule has 4 amide bonds. The van der Waals surface area contributed by atoms with Crippen LogP contribution in [0.25, 0.3) is 32.7 Å². The van der Waals surface area contributed by atoms with E-state index in [9.17, 15) is 19.2 Å². The number of nitrogens with two attached hydrogens (primary N) is 1. The number of imide groups is 2. The Bertz CT molecular complexity index is 4230. The molecule has 1 aliphatic carbocycles. The molecule has 2 saturated heterocycles. The minimum Gasteiger partial charge on any atom is -0.399 e. The quantitative estimate of drug-likeness (QED) is 0.0917. The molecule has 81 heavy (non-hydrogen) atoms. The zero-order valence-corrected chi connectivity index (χ0v) is 43.9. The van der Waals surface area contributed by atoms with Crippen LogP contribution in [0.15, 0.2) is 255 Å². The molecule has 0 spiro atoms. The van der Waals surface area contributed by atoms with Crippen LogP contribution in [-0.4, -0.2) is 29.7 Å². The van der Waals surface area contributed by atoms with Crippen LogP contribution in [0.2, 0.25) is 0 Å². The van der Waals surface area contributed by atoms with Gasteiger partial charge in [0.1, 0.15) is 6.04 Å². The van der Waals surface area contributed by atoms with Gasteiger partial charge in [0.05, 0.1) is 23.2 Å². The normalized spacial score (nSPS) is 15.3. The summed E-state index contributed by atoms with van der Waals surface area (Å²) in [4.78, 5) is 60.6. The molecule has 0 radical (unpaired) electrons. The fraction of sp³-hybridized carbons (Fsp3) is 0.0704. The second-order valence-corrected chi connectivity index (χ2v) is 20.9. The maximum atomic E-state index is 14.4. The van der Waals surface area contributed by atoms with Crippen molar-refractivity contribution in [3.63, 3.8) is 0 Å². The number of anilines is 10. The summed E-state index contributed by atoms with van der Waals surface area (Å²) in [5, 5.41) is 7.81. The van der Waals surface area contributed by atoms with Crippen LogP contribution in [0.4, 0.5) is 56.9 Å². The van der Waals surface area contributed by atoms with Gasteiger partial charge in [-0.05, 0) is 176 Å². The number of nitrogens with zero attached hydrogens (tertiary/aromatic N) is 4. The van der Waals surface area contributed by atoms with Crippen molar-refractivity contribution >= 4 is 102 Å². The SMILES string of the molecule is Nc1ccc(C2(c3ccc(NC4CC(=O)N(c5ccc(N(c6ccc(N(c7ccc(N8C(=O)CCC8=O)cc7)c7ccc8ccccc8c7)cc6)c6ccc7ccccc7c6)cc5)C4=O)cc3)c3ccccc3-c3ccccc32)cc1. The lowest BCUT2D eigenvalue weighted by Crippen LogP contribution is -2.34. The summed E-state index contributed by atoms with van der Waals surface area (Å²) in [5.74, 6) is -0.990. The molecule has 3 N–H and O–H groups in total. The Morgan fingerprint density at radius 3 is 1.27 bits per heavy atom. The smallest absolute Gasteiger partial charge is 0.256 e. The van der Waals surface area contributed by atoms with E-state index < -0.39 is 11.5 Å². The van der Waals surface area contributed by atoms with Gasteiger partial charge in [-0.25, -0.2) is 4.90 Å². The molecule has 2 heterocycles. The van der Waals surface area contributed by atoms with Crippen molar-refractivity contribution in [2.75, 3.05) is 30.7 Å². The van der Waals surface area contributed by atoms with Crippen molar-refractivity contribution in [3.05, 3.63) is 277 Å². The summed E-state index contributed by atoms with van der Waals surface area (Å²) in [6.45, 7) is 0. The Morgan fingerprint density at radius 1 is 0.395 bits per heavy atom. The van der Waals surface area contributed by atoms with Crippen LogP contribution < -0.4 is 30.7 Å². The van der Waals surface area contributed by atoms with Gasteiger partial charge in [0.25, 0.3) is 5.91 Å². The van der Waals surface area contributed by atoms with E-state index in [1.807, 2.05) is 97.1 Å². The molecule has 1 unspecified atom stereocenters. The lowest BCUT2D eigenvalue weighted by molar-refractivity contribution is -0.122. The zero-order chi connectivity index (χ0) is 54.8. The van der Waals surface area contributed by atoms with Gasteiger partial charge in [0.15, 0.2) is 0 Å². The third kappa shape index (κ3) is 8.35. The van der Waals surface area contributed by atoms with E-state index in [0.29, 0.717) is 17.1 Å². The van der Waals surface area contributed by atoms with Crippen LogP contribution >= 0.6 is 0 Å². The first-order chi connectivity index (χ1) is 39.7. The van der Waals surface area contributed by atoms with E-state index in [2.05, 4.69) is 173 Å². The van der Waals surface area contributed by atoms with Gasteiger partial charge < -0.3 is 20.9 Å². The van der Waals surface area contributed by atoms with Crippen LogP contribution in [-0.2, 0) is 24.6 Å². The number of hydrogen-bond acceptors (Lipinski definition) is 8. The van der Waals surface area contributed by atoms with Gasteiger partial charge in [-0.15, -0.1) is 0 Å². The minimum atomic E-state index is -0.764. The summed E-state index contributed by atoms with van der Waals surface area (Å²) < 4.78 is 0. The number of carbonyl (C=O) groups excluding carboxylic acids is 4. The lowest BCUT2D eigenvalue weighted by atomic mass is 9.67. The van der Waals surface area contributed by atoms with Crippen molar-refractivity contribution in [3.8, 4) is 11.1 Å². The van der Waals surface area contributed by atoms with Crippen LogP contribution in [0.1, 0.15) is 41.5 Å². The maximum Gasteiger partial charge on any atom is 0.256 e. The average molecular weight is 1050 g/mol. The summed E-state index contributed by atoms with van der Waals surface area (Å²) >= 11 is 0. The monoisotopic (exact) mass is 1050 g/mol. The summed E-state index contributed by atoms with van der Waals surface area (Å²) in [7, 11) is 0. The van der Waals surface area contributed by atoms with E-state index in [-0.39, 0.29) is 42.9 Å². The largest absolute Gasteiger partial charge is 0.399 e. The number of benzene rings is 11. The molecule has 11 aromatic carbocycles. The first-order valence-corrected chi connectivity index (χ1v) is 27.2. The third-order valence-corrected chi connectivity index (χ3v) is 16.2. The molecular weight excluding hydrogens is 1000 g/mol. The van der Waals surface area contributed by atoms with Crippen molar-refractivity contribution in [1.29, 1.82) is 0 Å². The topological polar surface area (TPSA) is 119 Å². The van der Waals surface area contributed by atoms with Gasteiger partial charge >= 0.3 is 0 Å². The molecule has 0 aromatic heterocycles. The van der Waals surface area contributed by atoms with E-state index >= 15 is 0 Å². The first kappa shape index (κ1) is 48.8. The van der Waals surface area contributed by atoms with Crippen molar-refractivity contribution in [1.82, 2.24) is 0 Å². The van der Waals surface area contributed by atoms with Gasteiger partial charge in [-0.3, -0.25) is 24.1 Å². The Kier molecular flexibility index (Phi) is 11.9.